The molecule has 3 aromatic carbocycles. The molecule has 0 bridgehead atoms. The van der Waals surface area contributed by atoms with Crippen LogP contribution in [0.15, 0.2) is 77.8 Å². The van der Waals surface area contributed by atoms with Gasteiger partial charge in [0.1, 0.15) is 29.2 Å². The van der Waals surface area contributed by atoms with Crippen molar-refractivity contribution in [2.75, 3.05) is 32.8 Å². The number of phenols is 1. The molecule has 0 unspecified atom stereocenters. The van der Waals surface area contributed by atoms with Crippen LogP contribution in [0, 0.1) is 0 Å². The number of aliphatic imine (C=N–C) groups is 1. The summed E-state index contributed by atoms with van der Waals surface area (Å²) < 4.78 is 11.2. The van der Waals surface area contributed by atoms with Crippen molar-refractivity contribution in [2.24, 2.45) is 10.7 Å². The number of guanidine groups is 1. The highest BCUT2D eigenvalue weighted by molar-refractivity contribution is 5.95. The summed E-state index contributed by atoms with van der Waals surface area (Å²) in [5, 5.41) is 26.0. The van der Waals surface area contributed by atoms with E-state index in [4.69, 9.17) is 15.2 Å². The Hall–Kier alpha value is -6.36. The number of amides is 6. The summed E-state index contributed by atoms with van der Waals surface area (Å²) in [5.41, 5.74) is 9.03. The molecule has 0 radical (unpaired) electrons. The first kappa shape index (κ1) is 46.3. The number of rotatable bonds is 20. The van der Waals surface area contributed by atoms with E-state index in [-0.39, 0.29) is 56.1 Å². The fourth-order valence-corrected chi connectivity index (χ4v) is 6.23. The van der Waals surface area contributed by atoms with Crippen molar-refractivity contribution >= 4 is 35.8 Å². The number of hydrogen-bond acceptors (Lipinski definition) is 10. The number of nitrogens with one attached hydrogen (secondary N) is 6. The predicted octanol–water partition coefficient (Wildman–Crippen LogP) is 3.46. The maximum atomic E-state index is 14.4. The lowest BCUT2D eigenvalue weighted by Crippen LogP contribution is -2.50. The summed E-state index contributed by atoms with van der Waals surface area (Å²) in [6.07, 6.45) is 0.950. The smallest absolute Gasteiger partial charge is 0.407 e. The molecule has 0 saturated carbocycles. The van der Waals surface area contributed by atoms with E-state index >= 15 is 0 Å². The fourth-order valence-electron chi connectivity index (χ4n) is 6.23. The molecule has 1 aliphatic heterocycles. The first-order valence-corrected chi connectivity index (χ1v) is 20.2. The molecule has 3 aromatic rings. The van der Waals surface area contributed by atoms with E-state index in [1.807, 2.05) is 36.4 Å². The van der Waals surface area contributed by atoms with Crippen molar-refractivity contribution in [1.82, 2.24) is 36.8 Å². The molecule has 0 aliphatic carbocycles. The number of benzene rings is 3. The van der Waals surface area contributed by atoms with E-state index in [0.717, 1.165) is 16.7 Å². The molecule has 0 aromatic heterocycles. The van der Waals surface area contributed by atoms with Gasteiger partial charge in [-0.05, 0) is 86.6 Å². The molecule has 2 atom stereocenters. The van der Waals surface area contributed by atoms with Crippen LogP contribution in [0.3, 0.4) is 0 Å². The van der Waals surface area contributed by atoms with E-state index in [1.54, 1.807) is 52.0 Å². The van der Waals surface area contributed by atoms with Crippen LogP contribution in [0.5, 0.6) is 11.5 Å². The Labute approximate surface area is 351 Å². The highest BCUT2D eigenvalue weighted by Crippen LogP contribution is 2.32. The van der Waals surface area contributed by atoms with Gasteiger partial charge in [0, 0.05) is 52.2 Å². The fraction of sp³-hybridized carbons (Fsp3) is 0.442. The normalized spacial score (nSPS) is 13.6. The number of carbonyl (C=O) groups is 5. The van der Waals surface area contributed by atoms with E-state index in [1.165, 1.54) is 12.1 Å². The molecule has 6 amide bonds. The van der Waals surface area contributed by atoms with Crippen LogP contribution in [-0.4, -0.2) is 90.2 Å². The third-order valence-corrected chi connectivity index (χ3v) is 9.20. The summed E-state index contributed by atoms with van der Waals surface area (Å²) in [4.78, 5) is 70.0. The maximum absolute atomic E-state index is 14.4. The van der Waals surface area contributed by atoms with Gasteiger partial charge in [-0.3, -0.25) is 29.6 Å². The Morgan fingerprint density at radius 3 is 2.15 bits per heavy atom. The van der Waals surface area contributed by atoms with Crippen molar-refractivity contribution in [3.63, 3.8) is 0 Å². The summed E-state index contributed by atoms with van der Waals surface area (Å²) in [6, 6.07) is 19.4. The van der Waals surface area contributed by atoms with Gasteiger partial charge in [0.15, 0.2) is 5.96 Å². The molecule has 0 spiro atoms. The molecule has 17 nitrogen and oxygen atoms in total. The zero-order valence-corrected chi connectivity index (χ0v) is 34.8. The third-order valence-electron chi connectivity index (χ3n) is 9.20. The lowest BCUT2D eigenvalue weighted by atomic mass is 10.0. The van der Waals surface area contributed by atoms with Gasteiger partial charge >= 0.3 is 12.1 Å². The van der Waals surface area contributed by atoms with Gasteiger partial charge in [-0.25, -0.2) is 9.59 Å². The van der Waals surface area contributed by atoms with E-state index in [2.05, 4.69) is 41.8 Å². The minimum Gasteiger partial charge on any atom is -0.508 e. The van der Waals surface area contributed by atoms with Gasteiger partial charge in [-0.2, -0.15) is 0 Å². The molecule has 0 fully saturated rings. The number of nitrogens with two attached hydrogens (primary N) is 1. The summed E-state index contributed by atoms with van der Waals surface area (Å²) in [7, 11) is 0. The topological polar surface area (TPSA) is 238 Å². The van der Waals surface area contributed by atoms with Crippen LogP contribution < -0.4 is 42.4 Å². The SMILES string of the molecule is CCC(=O)NCCNC(=O)NC(N)=NCCC[C@@H](NC(=O)[C@@H](c1ccc(OCCCNC(=O)OC(C)(C)C)cc1)N1Cc2ccccc2C1)C(=O)NCc1ccc(O)cc1. The van der Waals surface area contributed by atoms with Crippen molar-refractivity contribution in [1.29, 1.82) is 0 Å². The van der Waals surface area contributed by atoms with Crippen LogP contribution in [-0.2, 0) is 38.8 Å². The highest BCUT2D eigenvalue weighted by Gasteiger charge is 2.34. The van der Waals surface area contributed by atoms with Gasteiger partial charge in [0.2, 0.25) is 17.7 Å². The van der Waals surface area contributed by atoms with Crippen LogP contribution in [0.1, 0.15) is 81.7 Å². The van der Waals surface area contributed by atoms with Gasteiger partial charge < -0.3 is 46.9 Å². The Kier molecular flexibility index (Phi) is 18.0. The van der Waals surface area contributed by atoms with Gasteiger partial charge in [0.25, 0.3) is 0 Å². The van der Waals surface area contributed by atoms with Crippen molar-refractivity contribution in [3.05, 3.63) is 95.1 Å². The molecule has 1 heterocycles. The van der Waals surface area contributed by atoms with E-state index in [9.17, 15) is 29.1 Å². The quantitative estimate of drug-likeness (QED) is 0.0469. The number of hydrogen-bond donors (Lipinski definition) is 8. The monoisotopic (exact) mass is 829 g/mol. The number of ether oxygens (including phenoxy) is 2. The second kappa shape index (κ2) is 23.3. The first-order valence-electron chi connectivity index (χ1n) is 20.2. The highest BCUT2D eigenvalue weighted by atomic mass is 16.6. The lowest BCUT2D eigenvalue weighted by molar-refractivity contribution is -0.132. The number of fused-ring (bicyclic) bond motifs is 1. The first-order chi connectivity index (χ1) is 28.7. The molecule has 0 saturated heterocycles. The Bertz CT molecular complexity index is 1890. The van der Waals surface area contributed by atoms with Crippen molar-refractivity contribution < 1.29 is 38.6 Å². The largest absolute Gasteiger partial charge is 0.508 e. The van der Waals surface area contributed by atoms with Gasteiger partial charge in [-0.1, -0.05) is 55.5 Å². The molecule has 60 heavy (non-hydrogen) atoms. The Morgan fingerprint density at radius 2 is 1.50 bits per heavy atom. The Morgan fingerprint density at radius 1 is 0.833 bits per heavy atom. The van der Waals surface area contributed by atoms with E-state index < -0.39 is 35.7 Å². The summed E-state index contributed by atoms with van der Waals surface area (Å²) in [6.45, 7) is 9.69. The standard InChI is InChI=1S/C43H59N9O8/c1-5-36(54)45-23-24-47-41(57)51-40(44)46-21-8-12-35(38(55)49-26-29-13-17-33(53)18-14-29)50-39(56)37(52-27-31-10-6-7-11-32(31)28-52)30-15-19-34(20-16-30)59-25-9-22-48-42(58)60-43(2,3)4/h6-7,10-11,13-20,35,37,53H,5,8-9,12,21-28H2,1-4H3,(H,45,54)(H,48,58)(H,49,55)(H,50,56)(H4,44,46,47,51,57)/t35-,37-/m1/s1. The molecule has 1 aliphatic rings. The van der Waals surface area contributed by atoms with Gasteiger partial charge in [0.05, 0.1) is 6.61 Å². The zero-order chi connectivity index (χ0) is 43.5. The molecule has 17 heteroatoms. The van der Waals surface area contributed by atoms with Crippen LogP contribution >= 0.6 is 0 Å². The van der Waals surface area contributed by atoms with Crippen molar-refractivity contribution in [2.45, 2.75) is 90.7 Å². The number of alkyl carbamates (subject to hydrolysis) is 1. The molecular formula is C43H59N9O8. The van der Waals surface area contributed by atoms with Crippen molar-refractivity contribution in [3.8, 4) is 11.5 Å². The number of nitrogens with zero attached hydrogens (tertiary/aromatic N) is 2. The van der Waals surface area contributed by atoms with E-state index in [0.29, 0.717) is 56.8 Å². The average molecular weight is 830 g/mol. The zero-order valence-electron chi connectivity index (χ0n) is 34.8. The number of phenolic OH excluding ortho intramolecular Hbond substituents is 1. The Balaban J connectivity index is 1.42. The van der Waals surface area contributed by atoms with Crippen LogP contribution in [0.4, 0.5) is 9.59 Å². The predicted molar refractivity (Wildman–Crippen MR) is 227 cm³/mol. The molecular weight excluding hydrogens is 771 g/mol. The summed E-state index contributed by atoms with van der Waals surface area (Å²) in [5.74, 6) is -0.330. The van der Waals surface area contributed by atoms with Crippen LogP contribution in [0.25, 0.3) is 0 Å². The average Bonchev–Trinajstić information content (AvgIpc) is 3.63. The van der Waals surface area contributed by atoms with Crippen LogP contribution in [0.2, 0.25) is 0 Å². The molecule has 9 N–H and O–H groups in total. The minimum absolute atomic E-state index is 0.102. The second-order valence-electron chi connectivity index (χ2n) is 15.2. The second-order valence-corrected chi connectivity index (χ2v) is 15.2. The number of carbonyl (C=O) groups excluding carboxylic acids is 5. The summed E-state index contributed by atoms with van der Waals surface area (Å²) >= 11 is 0. The third kappa shape index (κ3) is 16.1. The molecule has 4 rings (SSSR count). The van der Waals surface area contributed by atoms with Gasteiger partial charge in [-0.15, -0.1) is 0 Å². The maximum Gasteiger partial charge on any atom is 0.407 e. The lowest BCUT2D eigenvalue weighted by Gasteiger charge is -2.29. The minimum atomic E-state index is -0.954. The number of aromatic hydroxyl groups is 1. The number of urea groups is 1. The molecule has 324 valence electrons.